The third kappa shape index (κ3) is 6.68. The minimum atomic E-state index is -3.87. The number of anilines is 2. The largest absolute Gasteiger partial charge is 0.482 e. The fraction of sp³-hybridized carbons (Fsp3) is 0.0952. The van der Waals surface area contributed by atoms with E-state index >= 15 is 0 Å². The van der Waals surface area contributed by atoms with Gasteiger partial charge in [0.2, 0.25) is 10.0 Å². The number of benzene rings is 3. The van der Waals surface area contributed by atoms with Crippen molar-refractivity contribution in [3.63, 3.8) is 0 Å². The lowest BCUT2D eigenvalue weighted by molar-refractivity contribution is -0.118. The molecule has 174 valence electrons. The van der Waals surface area contributed by atoms with Gasteiger partial charge >= 0.3 is 0 Å². The Morgan fingerprint density at radius 2 is 1.48 bits per heavy atom. The Kier molecular flexibility index (Phi) is 7.28. The van der Waals surface area contributed by atoms with Crippen molar-refractivity contribution in [1.29, 1.82) is 0 Å². The van der Waals surface area contributed by atoms with Crippen LogP contribution in [0.4, 0.5) is 11.4 Å². The normalized spacial score (nSPS) is 11.6. The first-order valence-corrected chi connectivity index (χ1v) is 12.8. The predicted octanol–water partition coefficient (Wildman–Crippen LogP) is 3.11. The van der Waals surface area contributed by atoms with Crippen LogP contribution in [0.2, 0.25) is 5.02 Å². The zero-order valence-electron chi connectivity index (χ0n) is 17.3. The van der Waals surface area contributed by atoms with Crippen LogP contribution < -0.4 is 19.9 Å². The van der Waals surface area contributed by atoms with Gasteiger partial charge in [0.05, 0.1) is 14.8 Å². The summed E-state index contributed by atoms with van der Waals surface area (Å²) in [7, 11) is -7.70. The number of hydrogen-bond donors (Lipinski definition) is 3. The summed E-state index contributed by atoms with van der Waals surface area (Å²) in [6.45, 7) is 1.48. The smallest absolute Gasteiger partial charge is 0.262 e. The molecule has 3 aromatic carbocycles. The molecule has 0 atom stereocenters. The van der Waals surface area contributed by atoms with E-state index in [0.29, 0.717) is 11.4 Å². The highest BCUT2D eigenvalue weighted by Crippen LogP contribution is 2.28. The zero-order chi connectivity index (χ0) is 24.2. The van der Waals surface area contributed by atoms with Crippen molar-refractivity contribution in [1.82, 2.24) is 0 Å². The van der Waals surface area contributed by atoms with Crippen LogP contribution in [0, 0.1) is 6.92 Å². The molecular weight excluding hydrogens is 490 g/mol. The van der Waals surface area contributed by atoms with Gasteiger partial charge in [-0.05, 0) is 61.5 Å². The van der Waals surface area contributed by atoms with E-state index in [2.05, 4.69) is 10.0 Å². The molecule has 0 aliphatic heterocycles. The van der Waals surface area contributed by atoms with Gasteiger partial charge in [0.25, 0.3) is 15.9 Å². The molecule has 3 rings (SSSR count). The molecule has 0 saturated carbocycles. The number of halogens is 1. The molecule has 0 aliphatic carbocycles. The summed E-state index contributed by atoms with van der Waals surface area (Å²) in [6, 6.07) is 16.0. The van der Waals surface area contributed by atoms with E-state index in [-0.39, 0.29) is 20.6 Å². The number of nitrogens with two attached hydrogens (primary N) is 1. The van der Waals surface area contributed by atoms with Crippen molar-refractivity contribution in [2.75, 3.05) is 16.6 Å². The molecule has 0 unspecified atom stereocenters. The summed E-state index contributed by atoms with van der Waals surface area (Å²) in [5.41, 5.74) is 1.74. The molecule has 9 nitrogen and oxygen atoms in total. The first-order valence-electron chi connectivity index (χ1n) is 9.38. The lowest BCUT2D eigenvalue weighted by Gasteiger charge is -2.12. The Balaban J connectivity index is 1.61. The first kappa shape index (κ1) is 24.5. The van der Waals surface area contributed by atoms with E-state index in [1.165, 1.54) is 42.5 Å². The number of carbonyl (C=O) groups excluding carboxylic acids is 1. The van der Waals surface area contributed by atoms with Crippen molar-refractivity contribution in [2.24, 2.45) is 5.14 Å². The highest BCUT2D eigenvalue weighted by atomic mass is 35.5. The second kappa shape index (κ2) is 9.79. The highest BCUT2D eigenvalue weighted by molar-refractivity contribution is 7.92. The van der Waals surface area contributed by atoms with Gasteiger partial charge in [-0.3, -0.25) is 9.52 Å². The van der Waals surface area contributed by atoms with Crippen molar-refractivity contribution < 1.29 is 26.4 Å². The quantitative estimate of drug-likeness (QED) is 0.425. The summed E-state index contributed by atoms with van der Waals surface area (Å²) >= 11 is 6.15. The number of carbonyl (C=O) groups is 1. The SMILES string of the molecule is Cc1ccc(NS(=O)(=O)c2ccc(OCC(=O)Nc3ccc(S(N)(=O)=O)cc3)c(Cl)c2)cc1. The molecule has 1 amide bonds. The Labute approximate surface area is 196 Å². The Hall–Kier alpha value is -3.12. The third-order valence-electron chi connectivity index (χ3n) is 4.34. The third-order valence-corrected chi connectivity index (χ3v) is 6.95. The summed E-state index contributed by atoms with van der Waals surface area (Å²) < 4.78 is 55.5. The fourth-order valence-corrected chi connectivity index (χ4v) is 4.57. The minimum absolute atomic E-state index is 0.00656. The predicted molar refractivity (Wildman–Crippen MR) is 125 cm³/mol. The van der Waals surface area contributed by atoms with E-state index in [4.69, 9.17) is 21.5 Å². The van der Waals surface area contributed by atoms with Crippen molar-refractivity contribution >= 4 is 48.9 Å². The number of primary sulfonamides is 1. The minimum Gasteiger partial charge on any atom is -0.482 e. The number of rotatable bonds is 8. The van der Waals surface area contributed by atoms with Gasteiger partial charge in [-0.1, -0.05) is 29.3 Å². The van der Waals surface area contributed by atoms with E-state index in [9.17, 15) is 21.6 Å². The first-order chi connectivity index (χ1) is 15.4. The average Bonchev–Trinajstić information content (AvgIpc) is 2.74. The summed E-state index contributed by atoms with van der Waals surface area (Å²) in [4.78, 5) is 11.9. The average molecular weight is 510 g/mol. The molecule has 0 bridgehead atoms. The second-order valence-corrected chi connectivity index (χ2v) is 10.6. The molecule has 0 fully saturated rings. The van der Waals surface area contributed by atoms with Gasteiger partial charge < -0.3 is 10.1 Å². The van der Waals surface area contributed by atoms with Gasteiger partial charge in [0.15, 0.2) is 6.61 Å². The molecule has 0 aliphatic rings. The van der Waals surface area contributed by atoms with E-state index in [0.717, 1.165) is 5.56 Å². The van der Waals surface area contributed by atoms with Crippen LogP contribution in [0.5, 0.6) is 5.75 Å². The molecule has 33 heavy (non-hydrogen) atoms. The van der Waals surface area contributed by atoms with Gasteiger partial charge in [-0.25, -0.2) is 22.0 Å². The van der Waals surface area contributed by atoms with Crippen LogP contribution in [0.25, 0.3) is 0 Å². The zero-order valence-corrected chi connectivity index (χ0v) is 19.7. The molecule has 3 aromatic rings. The van der Waals surface area contributed by atoms with Crippen LogP contribution in [0.3, 0.4) is 0 Å². The monoisotopic (exact) mass is 509 g/mol. The Morgan fingerprint density at radius 1 is 0.909 bits per heavy atom. The summed E-state index contributed by atoms with van der Waals surface area (Å²) in [5.74, 6) is -0.419. The molecule has 0 heterocycles. The molecule has 0 spiro atoms. The maximum atomic E-state index is 12.6. The van der Waals surface area contributed by atoms with Gasteiger partial charge in [-0.15, -0.1) is 0 Å². The summed E-state index contributed by atoms with van der Waals surface area (Å²) in [6.07, 6.45) is 0. The number of amides is 1. The molecular formula is C21H20ClN3O6S2. The molecule has 0 radical (unpaired) electrons. The molecule has 0 aromatic heterocycles. The number of ether oxygens (including phenoxy) is 1. The fourth-order valence-electron chi connectivity index (χ4n) is 2.67. The molecule has 0 saturated heterocycles. The standard InChI is InChI=1S/C21H20ClN3O6S2/c1-14-2-4-16(5-3-14)25-33(29,30)18-10-11-20(19(22)12-18)31-13-21(26)24-15-6-8-17(9-7-15)32(23,27)28/h2-12,25H,13H2,1H3,(H,24,26)(H2,23,27,28). The number of sulfonamides is 2. The van der Waals surface area contributed by atoms with Crippen LogP contribution in [-0.2, 0) is 24.8 Å². The Morgan fingerprint density at radius 3 is 2.06 bits per heavy atom. The molecule has 4 N–H and O–H groups in total. The van der Waals surface area contributed by atoms with Crippen molar-refractivity contribution in [3.05, 3.63) is 77.3 Å². The highest BCUT2D eigenvalue weighted by Gasteiger charge is 2.17. The van der Waals surface area contributed by atoms with E-state index < -0.39 is 32.6 Å². The van der Waals surface area contributed by atoms with Crippen LogP contribution >= 0.6 is 11.6 Å². The molecule has 12 heteroatoms. The van der Waals surface area contributed by atoms with Crippen molar-refractivity contribution in [2.45, 2.75) is 16.7 Å². The van der Waals surface area contributed by atoms with Crippen LogP contribution in [0.15, 0.2) is 76.5 Å². The lowest BCUT2D eigenvalue weighted by atomic mass is 10.2. The maximum Gasteiger partial charge on any atom is 0.262 e. The van der Waals surface area contributed by atoms with Crippen LogP contribution in [-0.4, -0.2) is 29.3 Å². The number of aryl methyl sites for hydroxylation is 1. The summed E-state index contributed by atoms with van der Waals surface area (Å²) in [5, 5.41) is 7.56. The maximum absolute atomic E-state index is 12.6. The Bertz CT molecular complexity index is 1370. The topological polar surface area (TPSA) is 145 Å². The number of nitrogens with one attached hydrogen (secondary N) is 2. The van der Waals surface area contributed by atoms with Crippen molar-refractivity contribution in [3.8, 4) is 5.75 Å². The van der Waals surface area contributed by atoms with E-state index in [1.54, 1.807) is 24.3 Å². The number of hydrogen-bond acceptors (Lipinski definition) is 6. The lowest BCUT2D eigenvalue weighted by Crippen LogP contribution is -2.20. The van der Waals surface area contributed by atoms with Crippen LogP contribution in [0.1, 0.15) is 5.56 Å². The van der Waals surface area contributed by atoms with Gasteiger partial charge in [0.1, 0.15) is 5.75 Å². The second-order valence-electron chi connectivity index (χ2n) is 6.97. The van der Waals surface area contributed by atoms with Gasteiger partial charge in [0, 0.05) is 11.4 Å². The van der Waals surface area contributed by atoms with Gasteiger partial charge in [-0.2, -0.15) is 0 Å². The van der Waals surface area contributed by atoms with E-state index in [1.807, 2.05) is 6.92 Å².